The molecule has 0 radical (unpaired) electrons. The highest BCUT2D eigenvalue weighted by Crippen LogP contribution is 1.98. The number of rotatable bonds is 0. The summed E-state index contributed by atoms with van der Waals surface area (Å²) >= 11 is 0. The van der Waals surface area contributed by atoms with Crippen LogP contribution in [0.1, 0.15) is 25.7 Å². The van der Waals surface area contributed by atoms with Crippen LogP contribution in [0.15, 0.2) is 36.6 Å². The summed E-state index contributed by atoms with van der Waals surface area (Å²) in [5.74, 6) is -0.0409. The van der Waals surface area contributed by atoms with E-state index in [4.69, 9.17) is 0 Å². The molecule has 1 amide bonds. The standard InChI is InChI=1S/C11H15NO/c13-11-9-7-5-3-1-2-4-6-8-10-12-11/h1-2,7-10H,3-6H2,(H,12,13)/b2-1-,9-7-,10-8-. The van der Waals surface area contributed by atoms with E-state index in [1.807, 2.05) is 12.2 Å². The molecule has 13 heavy (non-hydrogen) atoms. The van der Waals surface area contributed by atoms with Gasteiger partial charge in [0.05, 0.1) is 0 Å². The van der Waals surface area contributed by atoms with Crippen molar-refractivity contribution in [3.05, 3.63) is 36.6 Å². The molecule has 0 fully saturated rings. The highest BCUT2D eigenvalue weighted by Gasteiger charge is 1.89. The van der Waals surface area contributed by atoms with Crippen molar-refractivity contribution in [1.82, 2.24) is 5.32 Å². The molecule has 0 bridgehead atoms. The molecular weight excluding hydrogens is 162 g/mol. The van der Waals surface area contributed by atoms with Crippen molar-refractivity contribution in [2.75, 3.05) is 0 Å². The maximum absolute atomic E-state index is 11.0. The topological polar surface area (TPSA) is 29.1 Å². The predicted octanol–water partition coefficient (Wildman–Crippen LogP) is 2.30. The van der Waals surface area contributed by atoms with Gasteiger partial charge in [0.15, 0.2) is 0 Å². The third kappa shape index (κ3) is 5.01. The molecule has 0 aromatic carbocycles. The van der Waals surface area contributed by atoms with Gasteiger partial charge in [0.1, 0.15) is 0 Å². The molecule has 2 heteroatoms. The van der Waals surface area contributed by atoms with Crippen molar-refractivity contribution >= 4 is 5.91 Å². The fourth-order valence-electron chi connectivity index (χ4n) is 1.08. The molecule has 0 unspecified atom stereocenters. The Morgan fingerprint density at radius 1 is 0.923 bits per heavy atom. The Morgan fingerprint density at radius 2 is 1.54 bits per heavy atom. The van der Waals surface area contributed by atoms with E-state index in [1.54, 1.807) is 12.3 Å². The van der Waals surface area contributed by atoms with Crippen molar-refractivity contribution < 1.29 is 4.79 Å². The van der Waals surface area contributed by atoms with Crippen LogP contribution < -0.4 is 5.32 Å². The number of hydrogen-bond acceptors (Lipinski definition) is 1. The average Bonchev–Trinajstić information content (AvgIpc) is 2.11. The summed E-state index contributed by atoms with van der Waals surface area (Å²) in [7, 11) is 0. The highest BCUT2D eigenvalue weighted by atomic mass is 16.1. The van der Waals surface area contributed by atoms with E-state index in [9.17, 15) is 4.79 Å². The van der Waals surface area contributed by atoms with Crippen molar-refractivity contribution in [2.24, 2.45) is 0 Å². The summed E-state index contributed by atoms with van der Waals surface area (Å²) in [5.41, 5.74) is 0. The van der Waals surface area contributed by atoms with Gasteiger partial charge in [-0.15, -0.1) is 0 Å². The fraction of sp³-hybridized carbons (Fsp3) is 0.364. The minimum absolute atomic E-state index is 0.0409. The molecule has 70 valence electrons. The summed E-state index contributed by atoms with van der Waals surface area (Å²) in [5, 5.41) is 2.67. The van der Waals surface area contributed by atoms with Crippen molar-refractivity contribution in [1.29, 1.82) is 0 Å². The van der Waals surface area contributed by atoms with Gasteiger partial charge in [0.25, 0.3) is 0 Å². The molecule has 0 spiro atoms. The molecule has 0 aliphatic carbocycles. The maximum atomic E-state index is 11.0. The molecule has 2 nitrogen and oxygen atoms in total. The second-order valence-corrected chi connectivity index (χ2v) is 2.94. The fourth-order valence-corrected chi connectivity index (χ4v) is 1.08. The van der Waals surface area contributed by atoms with Crippen LogP contribution in [0.25, 0.3) is 0 Å². The molecule has 1 aliphatic rings. The predicted molar refractivity (Wildman–Crippen MR) is 54.0 cm³/mol. The van der Waals surface area contributed by atoms with Crippen molar-refractivity contribution in [3.8, 4) is 0 Å². The average molecular weight is 177 g/mol. The molecular formula is C11H15NO. The van der Waals surface area contributed by atoms with Crippen LogP contribution in [0.5, 0.6) is 0 Å². The zero-order valence-electron chi connectivity index (χ0n) is 7.70. The zero-order chi connectivity index (χ0) is 9.36. The summed E-state index contributed by atoms with van der Waals surface area (Å²) in [4.78, 5) is 11.0. The number of carbonyl (C=O) groups excluding carboxylic acids is 1. The minimum Gasteiger partial charge on any atom is -0.329 e. The lowest BCUT2D eigenvalue weighted by atomic mass is 10.2. The number of carbonyl (C=O) groups is 1. The molecule has 0 saturated heterocycles. The molecule has 0 aromatic rings. The first-order valence-electron chi connectivity index (χ1n) is 4.66. The summed E-state index contributed by atoms with van der Waals surface area (Å²) in [6.07, 6.45) is 15.5. The van der Waals surface area contributed by atoms with Crippen molar-refractivity contribution in [3.63, 3.8) is 0 Å². The van der Waals surface area contributed by atoms with E-state index in [0.29, 0.717) is 0 Å². The van der Waals surface area contributed by atoms with Gasteiger partial charge in [-0.2, -0.15) is 0 Å². The van der Waals surface area contributed by atoms with E-state index < -0.39 is 0 Å². The Hall–Kier alpha value is -1.31. The van der Waals surface area contributed by atoms with E-state index in [1.165, 1.54) is 0 Å². The second kappa shape index (κ2) is 6.23. The SMILES string of the molecule is O=C1/C=C\CC/C=C\CC/C=C\N1. The summed E-state index contributed by atoms with van der Waals surface area (Å²) in [6.45, 7) is 0. The molecule has 1 N–H and O–H groups in total. The van der Waals surface area contributed by atoms with Crippen LogP contribution in [0.2, 0.25) is 0 Å². The number of allylic oxidation sites excluding steroid dienone is 4. The maximum Gasteiger partial charge on any atom is 0.247 e. The Labute approximate surface area is 79.0 Å². The van der Waals surface area contributed by atoms with E-state index in [-0.39, 0.29) is 5.91 Å². The third-order valence-electron chi connectivity index (χ3n) is 1.78. The smallest absolute Gasteiger partial charge is 0.247 e. The van der Waals surface area contributed by atoms with Crippen LogP contribution in [0, 0.1) is 0 Å². The van der Waals surface area contributed by atoms with Gasteiger partial charge in [0.2, 0.25) is 5.91 Å². The van der Waals surface area contributed by atoms with E-state index >= 15 is 0 Å². The van der Waals surface area contributed by atoms with Crippen LogP contribution in [0.4, 0.5) is 0 Å². The highest BCUT2D eigenvalue weighted by molar-refractivity contribution is 5.88. The van der Waals surface area contributed by atoms with Gasteiger partial charge in [-0.25, -0.2) is 0 Å². The first kappa shape index (κ1) is 9.78. The first-order chi connectivity index (χ1) is 6.39. The van der Waals surface area contributed by atoms with Crippen LogP contribution >= 0.6 is 0 Å². The first-order valence-corrected chi connectivity index (χ1v) is 4.66. The van der Waals surface area contributed by atoms with Gasteiger partial charge in [-0.3, -0.25) is 4.79 Å². The normalized spacial score (nSPS) is 26.3. The summed E-state index contributed by atoms with van der Waals surface area (Å²) < 4.78 is 0. The van der Waals surface area contributed by atoms with Crippen LogP contribution in [-0.4, -0.2) is 5.91 Å². The second-order valence-electron chi connectivity index (χ2n) is 2.94. The number of nitrogens with one attached hydrogen (secondary N) is 1. The molecule has 0 aromatic heterocycles. The molecule has 0 saturated carbocycles. The van der Waals surface area contributed by atoms with E-state index in [0.717, 1.165) is 25.7 Å². The molecule has 0 atom stereocenters. The lowest BCUT2D eigenvalue weighted by Crippen LogP contribution is -2.13. The van der Waals surface area contributed by atoms with Gasteiger partial charge < -0.3 is 5.32 Å². The number of amides is 1. The monoisotopic (exact) mass is 177 g/mol. The van der Waals surface area contributed by atoms with Gasteiger partial charge in [-0.1, -0.05) is 24.3 Å². The van der Waals surface area contributed by atoms with Gasteiger partial charge in [0, 0.05) is 6.20 Å². The Balaban J connectivity index is 2.46. The Kier molecular flexibility index (Phi) is 4.69. The lowest BCUT2D eigenvalue weighted by molar-refractivity contribution is -0.115. The molecule has 1 heterocycles. The number of hydrogen-bond donors (Lipinski definition) is 1. The summed E-state index contributed by atoms with van der Waals surface area (Å²) in [6, 6.07) is 0. The van der Waals surface area contributed by atoms with Gasteiger partial charge >= 0.3 is 0 Å². The largest absolute Gasteiger partial charge is 0.329 e. The molecule has 1 aliphatic heterocycles. The molecule has 1 rings (SSSR count). The van der Waals surface area contributed by atoms with Gasteiger partial charge in [-0.05, 0) is 31.8 Å². The van der Waals surface area contributed by atoms with Crippen LogP contribution in [-0.2, 0) is 4.79 Å². The zero-order valence-corrected chi connectivity index (χ0v) is 7.70. The van der Waals surface area contributed by atoms with Crippen molar-refractivity contribution in [2.45, 2.75) is 25.7 Å². The minimum atomic E-state index is -0.0409. The quantitative estimate of drug-likeness (QED) is 0.565. The van der Waals surface area contributed by atoms with Crippen LogP contribution in [0.3, 0.4) is 0 Å². The van der Waals surface area contributed by atoms with E-state index in [2.05, 4.69) is 17.5 Å². The lowest BCUT2D eigenvalue weighted by Gasteiger charge is -1.94. The Bertz CT molecular complexity index is 238. The third-order valence-corrected chi connectivity index (χ3v) is 1.78. The Morgan fingerprint density at radius 3 is 2.31 bits per heavy atom.